The van der Waals surface area contributed by atoms with Gasteiger partial charge in [-0.3, -0.25) is 10.1 Å². The van der Waals surface area contributed by atoms with E-state index in [1.807, 2.05) is 6.92 Å². The zero-order valence-corrected chi connectivity index (χ0v) is 9.21. The van der Waals surface area contributed by atoms with E-state index in [1.54, 1.807) is 0 Å². The molecule has 0 heterocycles. The number of nitrogens with one attached hydrogen (secondary N) is 1. The first-order valence-corrected chi connectivity index (χ1v) is 5.28. The summed E-state index contributed by atoms with van der Waals surface area (Å²) >= 11 is 0. The molecule has 1 aliphatic carbocycles. The van der Waals surface area contributed by atoms with E-state index in [2.05, 4.69) is 5.32 Å². The second-order valence-electron chi connectivity index (χ2n) is 4.23. The minimum Gasteiger partial charge on any atom is -0.478 e. The predicted molar refractivity (Wildman–Crippen MR) is 61.2 cm³/mol. The zero-order valence-electron chi connectivity index (χ0n) is 9.21. The van der Waals surface area contributed by atoms with Crippen LogP contribution < -0.4 is 5.32 Å². The number of rotatable bonds is 4. The number of nitro groups is 1. The van der Waals surface area contributed by atoms with Crippen molar-refractivity contribution in [1.82, 2.24) is 0 Å². The largest absolute Gasteiger partial charge is 0.478 e. The highest BCUT2D eigenvalue weighted by Crippen LogP contribution is 2.37. The van der Waals surface area contributed by atoms with Crippen LogP contribution in [0, 0.1) is 16.0 Å². The highest BCUT2D eigenvalue weighted by molar-refractivity contribution is 5.97. The number of hydrogen-bond acceptors (Lipinski definition) is 4. The zero-order chi connectivity index (χ0) is 12.6. The molecule has 1 aromatic rings. The molecule has 0 radical (unpaired) electrons. The van der Waals surface area contributed by atoms with E-state index in [0.717, 1.165) is 6.42 Å². The van der Waals surface area contributed by atoms with Crippen LogP contribution in [0.2, 0.25) is 0 Å². The molecule has 90 valence electrons. The number of anilines is 1. The normalized spacial score (nSPS) is 21.9. The van der Waals surface area contributed by atoms with Crippen molar-refractivity contribution < 1.29 is 14.8 Å². The van der Waals surface area contributed by atoms with Crippen LogP contribution >= 0.6 is 0 Å². The van der Waals surface area contributed by atoms with E-state index in [0.29, 0.717) is 5.92 Å². The standard InChI is InChI=1S/C11H12N2O4/c1-6-5-8(6)12-10-7(11(14)15)3-2-4-9(10)13(16)17/h2-4,6,8,12H,5H2,1H3,(H,14,15). The van der Waals surface area contributed by atoms with Crippen LogP contribution in [0.25, 0.3) is 0 Å². The summed E-state index contributed by atoms with van der Waals surface area (Å²) in [5.74, 6) is -0.735. The SMILES string of the molecule is CC1CC1Nc1c(C(=O)O)cccc1[N+](=O)[O-]. The van der Waals surface area contributed by atoms with Crippen molar-refractivity contribution >= 4 is 17.3 Å². The lowest BCUT2D eigenvalue weighted by atomic mass is 10.1. The number of nitro benzene ring substituents is 1. The number of nitrogens with zero attached hydrogens (tertiary/aromatic N) is 1. The molecule has 2 rings (SSSR count). The Hall–Kier alpha value is -2.11. The summed E-state index contributed by atoms with van der Waals surface area (Å²) < 4.78 is 0. The first-order valence-electron chi connectivity index (χ1n) is 5.28. The number of para-hydroxylation sites is 1. The summed E-state index contributed by atoms with van der Waals surface area (Å²) in [5.41, 5.74) is -0.137. The molecule has 0 saturated heterocycles. The monoisotopic (exact) mass is 236 g/mol. The third-order valence-electron chi connectivity index (χ3n) is 2.91. The fourth-order valence-corrected chi connectivity index (χ4v) is 1.73. The summed E-state index contributed by atoms with van der Waals surface area (Å²) in [5, 5.41) is 22.8. The lowest BCUT2D eigenvalue weighted by Crippen LogP contribution is -2.11. The average Bonchev–Trinajstić information content (AvgIpc) is 2.93. The third-order valence-corrected chi connectivity index (χ3v) is 2.91. The Kier molecular flexibility index (Phi) is 2.71. The van der Waals surface area contributed by atoms with Gasteiger partial charge in [-0.1, -0.05) is 13.0 Å². The van der Waals surface area contributed by atoms with Crippen molar-refractivity contribution in [1.29, 1.82) is 0 Å². The van der Waals surface area contributed by atoms with Crippen LogP contribution in [0.1, 0.15) is 23.7 Å². The van der Waals surface area contributed by atoms with Gasteiger partial charge in [0.15, 0.2) is 0 Å². The van der Waals surface area contributed by atoms with E-state index in [4.69, 9.17) is 5.11 Å². The van der Waals surface area contributed by atoms with Gasteiger partial charge < -0.3 is 10.4 Å². The Morgan fingerprint density at radius 2 is 2.24 bits per heavy atom. The Bertz CT molecular complexity index is 454. The molecule has 6 nitrogen and oxygen atoms in total. The molecule has 2 atom stereocenters. The number of aromatic carboxylic acids is 1. The molecule has 0 aliphatic heterocycles. The summed E-state index contributed by atoms with van der Waals surface area (Å²) in [7, 11) is 0. The Morgan fingerprint density at radius 1 is 1.59 bits per heavy atom. The van der Waals surface area contributed by atoms with E-state index in [1.165, 1.54) is 18.2 Å². The number of carboxylic acids is 1. The molecule has 0 bridgehead atoms. The van der Waals surface area contributed by atoms with Gasteiger partial charge in [0.05, 0.1) is 10.5 Å². The van der Waals surface area contributed by atoms with E-state index in [-0.39, 0.29) is 23.0 Å². The Balaban J connectivity index is 2.42. The topological polar surface area (TPSA) is 92.5 Å². The first-order chi connectivity index (χ1) is 8.00. The maximum absolute atomic E-state index is 11.0. The van der Waals surface area contributed by atoms with Crippen molar-refractivity contribution in [2.24, 2.45) is 5.92 Å². The minimum absolute atomic E-state index is 0.0571. The smallest absolute Gasteiger partial charge is 0.338 e. The van der Waals surface area contributed by atoms with Gasteiger partial charge in [-0.25, -0.2) is 4.79 Å². The summed E-state index contributed by atoms with van der Waals surface area (Å²) in [6.45, 7) is 2.01. The minimum atomic E-state index is -1.16. The van der Waals surface area contributed by atoms with Gasteiger partial charge in [-0.15, -0.1) is 0 Å². The van der Waals surface area contributed by atoms with Gasteiger partial charge in [0.2, 0.25) is 0 Å². The molecule has 0 amide bonds. The van der Waals surface area contributed by atoms with Gasteiger partial charge in [0, 0.05) is 12.1 Å². The quantitative estimate of drug-likeness (QED) is 0.617. The van der Waals surface area contributed by atoms with Crippen molar-refractivity contribution in [3.8, 4) is 0 Å². The second-order valence-corrected chi connectivity index (χ2v) is 4.23. The van der Waals surface area contributed by atoms with Gasteiger partial charge in [-0.2, -0.15) is 0 Å². The van der Waals surface area contributed by atoms with Crippen molar-refractivity contribution in [3.63, 3.8) is 0 Å². The van der Waals surface area contributed by atoms with Gasteiger partial charge in [-0.05, 0) is 18.4 Å². The van der Waals surface area contributed by atoms with Gasteiger partial charge >= 0.3 is 5.97 Å². The summed E-state index contributed by atoms with van der Waals surface area (Å²) in [6, 6.07) is 4.18. The molecule has 6 heteroatoms. The van der Waals surface area contributed by atoms with Crippen LogP contribution in [-0.4, -0.2) is 22.0 Å². The van der Waals surface area contributed by atoms with Crippen LogP contribution in [-0.2, 0) is 0 Å². The number of carbonyl (C=O) groups is 1. The molecule has 2 unspecified atom stereocenters. The molecule has 17 heavy (non-hydrogen) atoms. The van der Waals surface area contributed by atoms with Crippen LogP contribution in [0.15, 0.2) is 18.2 Å². The summed E-state index contributed by atoms with van der Waals surface area (Å²) in [4.78, 5) is 21.3. The van der Waals surface area contributed by atoms with E-state index >= 15 is 0 Å². The maximum atomic E-state index is 11.0. The van der Waals surface area contributed by atoms with Crippen molar-refractivity contribution in [2.75, 3.05) is 5.32 Å². The number of benzene rings is 1. The molecule has 1 saturated carbocycles. The highest BCUT2D eigenvalue weighted by atomic mass is 16.6. The lowest BCUT2D eigenvalue weighted by Gasteiger charge is -2.09. The van der Waals surface area contributed by atoms with E-state index in [9.17, 15) is 14.9 Å². The molecule has 0 aromatic heterocycles. The van der Waals surface area contributed by atoms with Crippen LogP contribution in [0.3, 0.4) is 0 Å². The van der Waals surface area contributed by atoms with Crippen LogP contribution in [0.5, 0.6) is 0 Å². The second kappa shape index (κ2) is 4.04. The Morgan fingerprint density at radius 3 is 2.71 bits per heavy atom. The average molecular weight is 236 g/mol. The molecule has 0 spiro atoms. The van der Waals surface area contributed by atoms with Gasteiger partial charge in [0.1, 0.15) is 5.69 Å². The van der Waals surface area contributed by atoms with E-state index < -0.39 is 10.9 Å². The van der Waals surface area contributed by atoms with Crippen LogP contribution in [0.4, 0.5) is 11.4 Å². The van der Waals surface area contributed by atoms with Crippen molar-refractivity contribution in [3.05, 3.63) is 33.9 Å². The predicted octanol–water partition coefficient (Wildman–Crippen LogP) is 2.11. The molecular weight excluding hydrogens is 224 g/mol. The molecule has 1 aliphatic rings. The first kappa shape index (κ1) is 11.4. The number of carboxylic acid groups (broad SMARTS) is 1. The third kappa shape index (κ3) is 2.20. The highest BCUT2D eigenvalue weighted by Gasteiger charge is 2.35. The lowest BCUT2D eigenvalue weighted by molar-refractivity contribution is -0.384. The Labute approximate surface area is 97.4 Å². The molecule has 1 aromatic carbocycles. The van der Waals surface area contributed by atoms with Crippen molar-refractivity contribution in [2.45, 2.75) is 19.4 Å². The molecular formula is C11H12N2O4. The molecule has 1 fully saturated rings. The number of hydrogen-bond donors (Lipinski definition) is 2. The van der Waals surface area contributed by atoms with Gasteiger partial charge in [0.25, 0.3) is 5.69 Å². The molecule has 2 N–H and O–H groups in total. The summed E-state index contributed by atoms with van der Waals surface area (Å²) in [6.07, 6.45) is 0.908. The maximum Gasteiger partial charge on any atom is 0.338 e. The fraction of sp³-hybridized carbons (Fsp3) is 0.364. The fourth-order valence-electron chi connectivity index (χ4n) is 1.73.